The predicted octanol–water partition coefficient (Wildman–Crippen LogP) is 3.99. The fourth-order valence-electron chi connectivity index (χ4n) is 3.76. The van der Waals surface area contributed by atoms with Crippen molar-refractivity contribution in [2.24, 2.45) is 11.3 Å². The summed E-state index contributed by atoms with van der Waals surface area (Å²) in [6, 6.07) is 0. The number of hydrogen-bond acceptors (Lipinski definition) is 2. The average molecular weight is 255 g/mol. The highest BCUT2D eigenvalue weighted by Gasteiger charge is 2.34. The molecule has 17 heavy (non-hydrogen) atoms. The molecular formula is C15H29NS. The molecule has 1 aliphatic carbocycles. The topological polar surface area (TPSA) is 3.24 Å². The Morgan fingerprint density at radius 2 is 1.88 bits per heavy atom. The van der Waals surface area contributed by atoms with Gasteiger partial charge in [-0.05, 0) is 62.3 Å². The Morgan fingerprint density at radius 3 is 2.53 bits per heavy atom. The number of hydrogen-bond donors (Lipinski definition) is 1. The Morgan fingerprint density at radius 1 is 1.12 bits per heavy atom. The zero-order valence-electron chi connectivity index (χ0n) is 11.5. The maximum absolute atomic E-state index is 4.64. The van der Waals surface area contributed by atoms with E-state index in [1.165, 1.54) is 71.0 Å². The Bertz CT molecular complexity index is 223. The molecule has 2 aliphatic rings. The summed E-state index contributed by atoms with van der Waals surface area (Å²) in [4.78, 5) is 2.75. The van der Waals surface area contributed by atoms with Crippen molar-refractivity contribution in [2.75, 3.05) is 25.4 Å². The third-order valence-electron chi connectivity index (χ3n) is 5.08. The van der Waals surface area contributed by atoms with Gasteiger partial charge in [0.05, 0.1) is 0 Å². The lowest BCUT2D eigenvalue weighted by molar-refractivity contribution is 0.174. The van der Waals surface area contributed by atoms with Gasteiger partial charge in [-0.15, -0.1) is 0 Å². The second-order valence-electron chi connectivity index (χ2n) is 6.35. The fraction of sp³-hybridized carbons (Fsp3) is 1.00. The average Bonchev–Trinajstić information content (AvgIpc) is 2.70. The summed E-state index contributed by atoms with van der Waals surface area (Å²) in [5, 5.41) is 0. The van der Waals surface area contributed by atoms with Gasteiger partial charge in [0.1, 0.15) is 0 Å². The molecule has 1 aliphatic heterocycles. The highest BCUT2D eigenvalue weighted by molar-refractivity contribution is 7.80. The molecule has 0 amide bonds. The molecule has 1 unspecified atom stereocenters. The van der Waals surface area contributed by atoms with Gasteiger partial charge in [0.2, 0.25) is 0 Å². The van der Waals surface area contributed by atoms with E-state index in [0.717, 1.165) is 11.7 Å². The molecule has 0 aromatic heterocycles. The summed E-state index contributed by atoms with van der Waals surface area (Å²) < 4.78 is 0. The first-order valence-corrected chi connectivity index (χ1v) is 8.24. The van der Waals surface area contributed by atoms with Gasteiger partial charge in [0, 0.05) is 6.54 Å². The zero-order chi connectivity index (χ0) is 12.1. The van der Waals surface area contributed by atoms with Crippen molar-refractivity contribution in [3.63, 3.8) is 0 Å². The fourth-order valence-corrected chi connectivity index (χ4v) is 4.17. The molecule has 0 aromatic rings. The van der Waals surface area contributed by atoms with Gasteiger partial charge in [-0.2, -0.15) is 12.6 Å². The van der Waals surface area contributed by atoms with Gasteiger partial charge in [0.25, 0.3) is 0 Å². The quantitative estimate of drug-likeness (QED) is 0.744. The van der Waals surface area contributed by atoms with Crippen LogP contribution in [0, 0.1) is 11.3 Å². The molecule has 1 atom stereocenters. The standard InChI is InChI=1S/C15H29NS/c1-2-14-6-5-10-16(11-7-14)12-15(13-17)8-3-4-9-15/h14,17H,2-13H2,1H3. The highest BCUT2D eigenvalue weighted by Crippen LogP contribution is 2.40. The summed E-state index contributed by atoms with van der Waals surface area (Å²) in [6.45, 7) is 6.36. The summed E-state index contributed by atoms with van der Waals surface area (Å²) in [7, 11) is 0. The first-order chi connectivity index (χ1) is 8.28. The number of likely N-dealkylation sites (tertiary alicyclic amines) is 1. The van der Waals surface area contributed by atoms with Gasteiger partial charge in [-0.3, -0.25) is 0 Å². The summed E-state index contributed by atoms with van der Waals surface area (Å²) in [5.74, 6) is 2.09. The Hall–Kier alpha value is 0.310. The molecule has 1 saturated carbocycles. The van der Waals surface area contributed by atoms with E-state index in [9.17, 15) is 0 Å². The van der Waals surface area contributed by atoms with Gasteiger partial charge in [-0.1, -0.05) is 26.2 Å². The molecule has 0 bridgehead atoms. The van der Waals surface area contributed by atoms with Crippen LogP contribution in [0.3, 0.4) is 0 Å². The molecule has 2 heteroatoms. The highest BCUT2D eigenvalue weighted by atomic mass is 32.1. The molecule has 1 heterocycles. The van der Waals surface area contributed by atoms with Crippen LogP contribution in [0.25, 0.3) is 0 Å². The van der Waals surface area contributed by atoms with Crippen molar-refractivity contribution in [3.05, 3.63) is 0 Å². The van der Waals surface area contributed by atoms with Crippen LogP contribution in [0.2, 0.25) is 0 Å². The lowest BCUT2D eigenvalue weighted by Crippen LogP contribution is -2.38. The van der Waals surface area contributed by atoms with Crippen LogP contribution < -0.4 is 0 Å². The Labute approximate surface area is 113 Å². The van der Waals surface area contributed by atoms with Crippen LogP contribution in [0.4, 0.5) is 0 Å². The second kappa shape index (κ2) is 6.47. The third kappa shape index (κ3) is 3.64. The van der Waals surface area contributed by atoms with Gasteiger partial charge < -0.3 is 4.90 Å². The van der Waals surface area contributed by atoms with Crippen molar-refractivity contribution in [2.45, 2.75) is 58.3 Å². The largest absolute Gasteiger partial charge is 0.303 e. The summed E-state index contributed by atoms with van der Waals surface area (Å²) >= 11 is 4.64. The second-order valence-corrected chi connectivity index (χ2v) is 6.66. The van der Waals surface area contributed by atoms with Crippen molar-refractivity contribution in [1.82, 2.24) is 4.90 Å². The van der Waals surface area contributed by atoms with Crippen molar-refractivity contribution in [3.8, 4) is 0 Å². The van der Waals surface area contributed by atoms with Crippen LogP contribution in [-0.2, 0) is 0 Å². The van der Waals surface area contributed by atoms with Crippen molar-refractivity contribution >= 4 is 12.6 Å². The van der Waals surface area contributed by atoms with E-state index in [2.05, 4.69) is 24.5 Å². The zero-order valence-corrected chi connectivity index (χ0v) is 12.4. The minimum absolute atomic E-state index is 0.565. The van der Waals surface area contributed by atoms with Gasteiger partial charge in [0.15, 0.2) is 0 Å². The first kappa shape index (κ1) is 13.7. The van der Waals surface area contributed by atoms with E-state index in [4.69, 9.17) is 0 Å². The van der Waals surface area contributed by atoms with Crippen LogP contribution in [0.1, 0.15) is 58.3 Å². The van der Waals surface area contributed by atoms with E-state index >= 15 is 0 Å². The lowest BCUT2D eigenvalue weighted by atomic mass is 9.88. The first-order valence-electron chi connectivity index (χ1n) is 7.61. The maximum Gasteiger partial charge on any atom is 0.00458 e. The minimum atomic E-state index is 0.565. The van der Waals surface area contributed by atoms with E-state index in [1.807, 2.05) is 0 Å². The van der Waals surface area contributed by atoms with Crippen LogP contribution in [0.15, 0.2) is 0 Å². The molecule has 0 spiro atoms. The molecule has 0 aromatic carbocycles. The lowest BCUT2D eigenvalue weighted by Gasteiger charge is -2.33. The van der Waals surface area contributed by atoms with Gasteiger partial charge in [-0.25, -0.2) is 0 Å². The molecule has 1 saturated heterocycles. The van der Waals surface area contributed by atoms with E-state index in [0.29, 0.717) is 5.41 Å². The van der Waals surface area contributed by atoms with Crippen molar-refractivity contribution < 1.29 is 0 Å². The van der Waals surface area contributed by atoms with E-state index in [1.54, 1.807) is 0 Å². The van der Waals surface area contributed by atoms with Crippen LogP contribution >= 0.6 is 12.6 Å². The molecule has 0 N–H and O–H groups in total. The molecule has 100 valence electrons. The Kier molecular flexibility index (Phi) is 5.23. The monoisotopic (exact) mass is 255 g/mol. The molecule has 2 fully saturated rings. The minimum Gasteiger partial charge on any atom is -0.303 e. The smallest absolute Gasteiger partial charge is 0.00458 e. The normalized spacial score (nSPS) is 30.4. The summed E-state index contributed by atoms with van der Waals surface area (Å²) in [6.07, 6.45) is 11.4. The van der Waals surface area contributed by atoms with Crippen LogP contribution in [0.5, 0.6) is 0 Å². The van der Waals surface area contributed by atoms with Crippen molar-refractivity contribution in [1.29, 1.82) is 0 Å². The number of rotatable bonds is 4. The predicted molar refractivity (Wildman–Crippen MR) is 78.8 cm³/mol. The third-order valence-corrected chi connectivity index (χ3v) is 5.75. The van der Waals surface area contributed by atoms with Gasteiger partial charge >= 0.3 is 0 Å². The maximum atomic E-state index is 4.64. The van der Waals surface area contributed by atoms with Crippen LogP contribution in [-0.4, -0.2) is 30.3 Å². The Balaban J connectivity index is 1.85. The number of nitrogens with zero attached hydrogens (tertiary/aromatic N) is 1. The molecule has 1 nitrogen and oxygen atoms in total. The molecule has 0 radical (unpaired) electrons. The molecule has 2 rings (SSSR count). The molecular weight excluding hydrogens is 226 g/mol. The van der Waals surface area contributed by atoms with E-state index in [-0.39, 0.29) is 0 Å². The summed E-state index contributed by atoms with van der Waals surface area (Å²) in [5.41, 5.74) is 0.565. The SMILES string of the molecule is CCC1CCCN(CC2(CS)CCCC2)CC1. The van der Waals surface area contributed by atoms with E-state index < -0.39 is 0 Å². The number of thiol groups is 1.